The standard InChI is InChI=1S/C12H23NO3/c1-4-12(3,5-2)16-15-11(14)10-6-8-13-9-7-10/h10,13H,4-9H2,1-3H3. The zero-order chi connectivity index (χ0) is 12.0. The van der Waals surface area contributed by atoms with Gasteiger partial charge in [0.05, 0.1) is 5.92 Å². The zero-order valence-electron chi connectivity index (χ0n) is 10.5. The van der Waals surface area contributed by atoms with Crippen LogP contribution in [0.5, 0.6) is 0 Å². The van der Waals surface area contributed by atoms with E-state index in [1.165, 1.54) is 0 Å². The predicted octanol–water partition coefficient (Wildman–Crippen LogP) is 2.04. The van der Waals surface area contributed by atoms with Crippen molar-refractivity contribution in [3.8, 4) is 0 Å². The van der Waals surface area contributed by atoms with E-state index in [4.69, 9.17) is 9.78 Å². The SMILES string of the molecule is CCC(C)(CC)OOC(=O)C1CCNCC1. The van der Waals surface area contributed by atoms with Gasteiger partial charge in [-0.05, 0) is 45.7 Å². The lowest BCUT2D eigenvalue weighted by molar-refractivity contribution is -0.333. The Labute approximate surface area is 97.6 Å². The third kappa shape index (κ3) is 3.76. The van der Waals surface area contributed by atoms with E-state index in [9.17, 15) is 4.79 Å². The summed E-state index contributed by atoms with van der Waals surface area (Å²) in [5.41, 5.74) is -0.345. The maximum absolute atomic E-state index is 11.7. The van der Waals surface area contributed by atoms with Crippen molar-refractivity contribution >= 4 is 5.97 Å². The summed E-state index contributed by atoms with van der Waals surface area (Å²) in [7, 11) is 0. The minimum absolute atomic E-state index is 0.000729. The van der Waals surface area contributed by atoms with E-state index in [0.717, 1.165) is 38.8 Å². The lowest BCUT2D eigenvalue weighted by Crippen LogP contribution is -2.35. The molecule has 0 bridgehead atoms. The lowest BCUT2D eigenvalue weighted by atomic mass is 9.99. The molecule has 0 saturated carbocycles. The van der Waals surface area contributed by atoms with Crippen molar-refractivity contribution in [2.24, 2.45) is 5.92 Å². The molecule has 94 valence electrons. The molecule has 0 atom stereocenters. The topological polar surface area (TPSA) is 47.6 Å². The summed E-state index contributed by atoms with van der Waals surface area (Å²) in [4.78, 5) is 21.9. The molecule has 1 fully saturated rings. The zero-order valence-corrected chi connectivity index (χ0v) is 10.5. The van der Waals surface area contributed by atoms with E-state index in [2.05, 4.69) is 5.32 Å². The summed E-state index contributed by atoms with van der Waals surface area (Å²) in [6, 6.07) is 0. The van der Waals surface area contributed by atoms with Crippen LogP contribution in [-0.2, 0) is 14.6 Å². The third-order valence-corrected chi connectivity index (χ3v) is 3.49. The molecule has 4 nitrogen and oxygen atoms in total. The van der Waals surface area contributed by atoms with Crippen LogP contribution in [0, 0.1) is 5.92 Å². The normalized spacial score (nSPS) is 18.4. The second-order valence-corrected chi connectivity index (χ2v) is 4.67. The first-order valence-corrected chi connectivity index (χ1v) is 6.21. The van der Waals surface area contributed by atoms with Gasteiger partial charge >= 0.3 is 5.97 Å². The van der Waals surface area contributed by atoms with Crippen LogP contribution >= 0.6 is 0 Å². The molecule has 4 heteroatoms. The molecule has 1 rings (SSSR count). The highest BCUT2D eigenvalue weighted by Crippen LogP contribution is 2.21. The van der Waals surface area contributed by atoms with Gasteiger partial charge < -0.3 is 5.32 Å². The van der Waals surface area contributed by atoms with Crippen LogP contribution in [0.2, 0.25) is 0 Å². The van der Waals surface area contributed by atoms with Gasteiger partial charge in [0.2, 0.25) is 0 Å². The second kappa shape index (κ2) is 6.21. The van der Waals surface area contributed by atoms with Gasteiger partial charge in [0.15, 0.2) is 0 Å². The van der Waals surface area contributed by atoms with Gasteiger partial charge in [-0.2, -0.15) is 4.89 Å². The Bertz CT molecular complexity index is 220. The summed E-state index contributed by atoms with van der Waals surface area (Å²) >= 11 is 0. The van der Waals surface area contributed by atoms with Crippen LogP contribution in [0.15, 0.2) is 0 Å². The van der Waals surface area contributed by atoms with Gasteiger partial charge in [-0.1, -0.05) is 13.8 Å². The van der Waals surface area contributed by atoms with Crippen molar-refractivity contribution in [3.63, 3.8) is 0 Å². The van der Waals surface area contributed by atoms with Crippen LogP contribution in [0.3, 0.4) is 0 Å². The Morgan fingerprint density at radius 2 is 1.88 bits per heavy atom. The summed E-state index contributed by atoms with van der Waals surface area (Å²) in [6.45, 7) is 7.80. The first-order valence-electron chi connectivity index (χ1n) is 6.21. The largest absolute Gasteiger partial charge is 0.345 e. The van der Waals surface area contributed by atoms with E-state index in [1.807, 2.05) is 20.8 Å². The predicted molar refractivity (Wildman–Crippen MR) is 61.8 cm³/mol. The molecule has 0 aromatic heterocycles. The Morgan fingerprint density at radius 3 is 2.38 bits per heavy atom. The average molecular weight is 229 g/mol. The first-order chi connectivity index (χ1) is 7.61. The molecule has 16 heavy (non-hydrogen) atoms. The van der Waals surface area contributed by atoms with Crippen molar-refractivity contribution in [2.45, 2.75) is 52.1 Å². The molecule has 0 unspecified atom stereocenters. The van der Waals surface area contributed by atoms with Crippen LogP contribution in [0.1, 0.15) is 46.5 Å². The van der Waals surface area contributed by atoms with Crippen LogP contribution in [0.4, 0.5) is 0 Å². The average Bonchev–Trinajstić information content (AvgIpc) is 2.36. The number of carbonyl (C=O) groups is 1. The van der Waals surface area contributed by atoms with Crippen LogP contribution < -0.4 is 5.32 Å². The number of carbonyl (C=O) groups excluding carboxylic acids is 1. The van der Waals surface area contributed by atoms with Gasteiger partial charge in [0, 0.05) is 0 Å². The number of hydrogen-bond acceptors (Lipinski definition) is 4. The summed E-state index contributed by atoms with van der Waals surface area (Å²) in [5.74, 6) is -0.214. The molecule has 1 saturated heterocycles. The van der Waals surface area contributed by atoms with Crippen molar-refractivity contribution in [1.82, 2.24) is 5.32 Å². The van der Waals surface area contributed by atoms with E-state index in [1.54, 1.807) is 0 Å². The van der Waals surface area contributed by atoms with Crippen molar-refractivity contribution in [1.29, 1.82) is 0 Å². The number of rotatable bonds is 5. The van der Waals surface area contributed by atoms with E-state index in [-0.39, 0.29) is 17.5 Å². The lowest BCUT2D eigenvalue weighted by Gasteiger charge is -2.26. The van der Waals surface area contributed by atoms with E-state index >= 15 is 0 Å². The van der Waals surface area contributed by atoms with Crippen molar-refractivity contribution in [3.05, 3.63) is 0 Å². The second-order valence-electron chi connectivity index (χ2n) is 4.67. The summed E-state index contributed by atoms with van der Waals surface area (Å²) < 4.78 is 0. The maximum Gasteiger partial charge on any atom is 0.345 e. The molecule has 1 N–H and O–H groups in total. The molecule has 1 aliphatic heterocycles. The quantitative estimate of drug-likeness (QED) is 0.579. The number of piperidine rings is 1. The Morgan fingerprint density at radius 1 is 1.31 bits per heavy atom. The van der Waals surface area contributed by atoms with E-state index < -0.39 is 0 Å². The smallest absolute Gasteiger partial charge is 0.317 e. The fourth-order valence-corrected chi connectivity index (χ4v) is 1.64. The molecule has 1 heterocycles. The monoisotopic (exact) mass is 229 g/mol. The summed E-state index contributed by atoms with van der Waals surface area (Å²) in [6.07, 6.45) is 3.36. The minimum Gasteiger partial charge on any atom is -0.317 e. The van der Waals surface area contributed by atoms with Gasteiger partial charge in [-0.25, -0.2) is 4.79 Å². The molecular formula is C12H23NO3. The molecule has 0 amide bonds. The van der Waals surface area contributed by atoms with Crippen molar-refractivity contribution in [2.75, 3.05) is 13.1 Å². The molecule has 1 aliphatic rings. The molecule has 0 aromatic carbocycles. The fourth-order valence-electron chi connectivity index (χ4n) is 1.64. The number of nitrogens with one attached hydrogen (secondary N) is 1. The van der Waals surface area contributed by atoms with Crippen LogP contribution in [-0.4, -0.2) is 24.7 Å². The molecule has 0 spiro atoms. The highest BCUT2D eigenvalue weighted by atomic mass is 17.2. The first kappa shape index (κ1) is 13.5. The van der Waals surface area contributed by atoms with Gasteiger partial charge in [-0.3, -0.25) is 4.89 Å². The Hall–Kier alpha value is -0.610. The Balaban J connectivity index is 2.33. The number of hydrogen-bond donors (Lipinski definition) is 1. The highest BCUT2D eigenvalue weighted by molar-refractivity contribution is 5.71. The van der Waals surface area contributed by atoms with Gasteiger partial charge in [-0.15, -0.1) is 0 Å². The van der Waals surface area contributed by atoms with Crippen molar-refractivity contribution < 1.29 is 14.6 Å². The highest BCUT2D eigenvalue weighted by Gasteiger charge is 2.28. The van der Waals surface area contributed by atoms with Gasteiger partial charge in [0.1, 0.15) is 5.60 Å². The van der Waals surface area contributed by atoms with Crippen LogP contribution in [0.25, 0.3) is 0 Å². The molecule has 0 aromatic rings. The summed E-state index contributed by atoms with van der Waals surface area (Å²) in [5, 5.41) is 3.22. The maximum atomic E-state index is 11.7. The molecule has 0 aliphatic carbocycles. The molecular weight excluding hydrogens is 206 g/mol. The van der Waals surface area contributed by atoms with E-state index in [0.29, 0.717) is 0 Å². The fraction of sp³-hybridized carbons (Fsp3) is 0.917. The Kier molecular flexibility index (Phi) is 5.22. The minimum atomic E-state index is -0.345. The third-order valence-electron chi connectivity index (χ3n) is 3.49. The van der Waals surface area contributed by atoms with Gasteiger partial charge in [0.25, 0.3) is 0 Å². The molecule has 0 radical (unpaired) electrons.